The normalized spacial score (nSPS) is 13.0. The zero-order chi connectivity index (χ0) is 27.2. The molecular formula is C24H22ClF3N4O5. The van der Waals surface area contributed by atoms with Gasteiger partial charge in [0.2, 0.25) is 11.9 Å². The highest BCUT2D eigenvalue weighted by molar-refractivity contribution is 6.30. The van der Waals surface area contributed by atoms with Crippen molar-refractivity contribution in [2.45, 2.75) is 25.4 Å². The van der Waals surface area contributed by atoms with Crippen LogP contribution in [0.5, 0.6) is 0 Å². The van der Waals surface area contributed by atoms with Gasteiger partial charge in [-0.05, 0) is 49.4 Å². The van der Waals surface area contributed by atoms with E-state index in [1.807, 2.05) is 0 Å². The Labute approximate surface area is 214 Å². The van der Waals surface area contributed by atoms with E-state index in [1.165, 1.54) is 13.1 Å². The van der Waals surface area contributed by atoms with Gasteiger partial charge in [-0.2, -0.15) is 13.2 Å². The molecule has 0 bridgehead atoms. The summed E-state index contributed by atoms with van der Waals surface area (Å²) in [6.07, 6.45) is -4.69. The maximum atomic E-state index is 13.1. The van der Waals surface area contributed by atoms with Crippen molar-refractivity contribution in [2.24, 2.45) is 0 Å². The van der Waals surface area contributed by atoms with E-state index in [1.54, 1.807) is 30.3 Å². The number of carboxylic acid groups (broad SMARTS) is 1. The Morgan fingerprint density at radius 2 is 1.86 bits per heavy atom. The first-order chi connectivity index (χ1) is 17.5. The highest BCUT2D eigenvalue weighted by Crippen LogP contribution is 2.33. The van der Waals surface area contributed by atoms with Gasteiger partial charge < -0.3 is 20.3 Å². The van der Waals surface area contributed by atoms with E-state index in [-0.39, 0.29) is 11.6 Å². The number of amides is 1. The number of ether oxygens (including phenoxy) is 1. The number of aliphatic hydroxyl groups is 1. The molecule has 13 heteroatoms. The minimum absolute atomic E-state index is 0.0581. The van der Waals surface area contributed by atoms with Crippen LogP contribution in [0.2, 0.25) is 5.02 Å². The number of aliphatic carboxylic acids is 1. The van der Waals surface area contributed by atoms with Gasteiger partial charge in [0.25, 0.3) is 0 Å². The van der Waals surface area contributed by atoms with Crippen molar-refractivity contribution in [1.29, 1.82) is 0 Å². The first kappa shape index (κ1) is 27.8. The van der Waals surface area contributed by atoms with Crippen LogP contribution in [-0.4, -0.2) is 57.5 Å². The fourth-order valence-electron chi connectivity index (χ4n) is 3.18. The first-order valence-corrected chi connectivity index (χ1v) is 11.2. The number of aliphatic hydroxyl groups excluding tert-OH is 1. The largest absolute Gasteiger partial charge is 0.480 e. The summed E-state index contributed by atoms with van der Waals surface area (Å²) in [5.41, 5.74) is 0.300. The van der Waals surface area contributed by atoms with Crippen LogP contribution in [0.1, 0.15) is 12.5 Å². The standard InChI is InChI=1S/C24H22ClF3N4O5/c1-14(22(35)36)30-20(33)12-37-13-21(34)32(18-7-5-16(6-8-18)24(26,27)28)23-29-10-9-19(31-23)15-3-2-4-17(25)11-15/h2-11,14,21,34H,12-13H2,1H3,(H,30,33)(H,35,36). The van der Waals surface area contributed by atoms with E-state index >= 15 is 0 Å². The molecule has 3 rings (SSSR count). The number of hydrogen-bond acceptors (Lipinski definition) is 7. The molecule has 0 aliphatic rings. The molecule has 0 aliphatic heterocycles. The molecule has 3 N–H and O–H groups in total. The van der Waals surface area contributed by atoms with Crippen LogP contribution in [0, 0.1) is 0 Å². The molecule has 9 nitrogen and oxygen atoms in total. The number of aromatic nitrogens is 2. The number of nitrogens with one attached hydrogen (secondary N) is 1. The molecule has 0 aliphatic carbocycles. The second-order valence-corrected chi connectivity index (χ2v) is 8.23. The molecule has 2 unspecified atom stereocenters. The monoisotopic (exact) mass is 538 g/mol. The lowest BCUT2D eigenvalue weighted by Crippen LogP contribution is -2.41. The van der Waals surface area contributed by atoms with Crippen molar-refractivity contribution < 1.29 is 37.7 Å². The third-order valence-corrected chi connectivity index (χ3v) is 5.23. The second kappa shape index (κ2) is 12.0. The van der Waals surface area contributed by atoms with E-state index < -0.39 is 49.1 Å². The zero-order valence-corrected chi connectivity index (χ0v) is 20.1. The summed E-state index contributed by atoms with van der Waals surface area (Å²) in [4.78, 5) is 32.5. The van der Waals surface area contributed by atoms with Crippen LogP contribution in [0.3, 0.4) is 0 Å². The Bertz CT molecular complexity index is 1240. The van der Waals surface area contributed by atoms with Crippen molar-refractivity contribution in [3.8, 4) is 11.3 Å². The lowest BCUT2D eigenvalue weighted by molar-refractivity contribution is -0.142. The van der Waals surface area contributed by atoms with Gasteiger partial charge in [-0.15, -0.1) is 0 Å². The number of carbonyl (C=O) groups excluding carboxylic acids is 1. The molecule has 37 heavy (non-hydrogen) atoms. The maximum absolute atomic E-state index is 13.1. The van der Waals surface area contributed by atoms with Gasteiger partial charge in [0.1, 0.15) is 12.6 Å². The second-order valence-electron chi connectivity index (χ2n) is 7.79. The summed E-state index contributed by atoms with van der Waals surface area (Å²) < 4.78 is 44.4. The van der Waals surface area contributed by atoms with E-state index in [0.29, 0.717) is 16.3 Å². The molecular weight excluding hydrogens is 517 g/mol. The lowest BCUT2D eigenvalue weighted by Gasteiger charge is -2.28. The minimum atomic E-state index is -4.56. The fourth-order valence-corrected chi connectivity index (χ4v) is 3.37. The summed E-state index contributed by atoms with van der Waals surface area (Å²) in [5, 5.41) is 22.4. The molecule has 0 saturated carbocycles. The number of benzene rings is 2. The van der Waals surface area contributed by atoms with Crippen LogP contribution in [0.15, 0.2) is 60.8 Å². The predicted octanol–water partition coefficient (Wildman–Crippen LogP) is 3.88. The van der Waals surface area contributed by atoms with E-state index in [4.69, 9.17) is 21.4 Å². The average molecular weight is 539 g/mol. The number of carbonyl (C=O) groups is 2. The number of hydrogen-bond donors (Lipinski definition) is 3. The number of nitrogens with zero attached hydrogens (tertiary/aromatic N) is 3. The SMILES string of the molecule is CC(NC(=O)COCC(O)N(c1ccc(C(F)(F)F)cc1)c1nccc(-c2cccc(Cl)c2)n1)C(=O)O. The number of alkyl halides is 3. The van der Waals surface area contributed by atoms with E-state index in [9.17, 15) is 27.9 Å². The average Bonchev–Trinajstić information content (AvgIpc) is 2.84. The molecule has 0 radical (unpaired) electrons. The maximum Gasteiger partial charge on any atom is 0.416 e. The minimum Gasteiger partial charge on any atom is -0.480 e. The third kappa shape index (κ3) is 7.62. The molecule has 2 atom stereocenters. The summed E-state index contributed by atoms with van der Waals surface area (Å²) >= 11 is 6.06. The predicted molar refractivity (Wildman–Crippen MR) is 128 cm³/mol. The Hall–Kier alpha value is -3.74. The van der Waals surface area contributed by atoms with Gasteiger partial charge in [0.15, 0.2) is 6.23 Å². The quantitative estimate of drug-likeness (QED) is 0.332. The smallest absolute Gasteiger partial charge is 0.416 e. The highest BCUT2D eigenvalue weighted by Gasteiger charge is 2.31. The zero-order valence-electron chi connectivity index (χ0n) is 19.3. The number of halogens is 4. The van der Waals surface area contributed by atoms with Gasteiger partial charge in [0, 0.05) is 22.5 Å². The number of rotatable bonds is 10. The van der Waals surface area contributed by atoms with Crippen LogP contribution >= 0.6 is 11.6 Å². The molecule has 1 heterocycles. The van der Waals surface area contributed by atoms with E-state index in [0.717, 1.165) is 29.2 Å². The fraction of sp³-hybridized carbons (Fsp3) is 0.250. The number of anilines is 2. The summed E-state index contributed by atoms with van der Waals surface area (Å²) in [7, 11) is 0. The molecule has 196 valence electrons. The molecule has 1 aromatic heterocycles. The Kier molecular flexibility index (Phi) is 9.03. The van der Waals surface area contributed by atoms with Gasteiger partial charge >= 0.3 is 12.1 Å². The van der Waals surface area contributed by atoms with Gasteiger partial charge in [0.05, 0.1) is 17.9 Å². The van der Waals surface area contributed by atoms with Gasteiger partial charge in [-0.25, -0.2) is 9.97 Å². The number of carboxylic acids is 1. The topological polar surface area (TPSA) is 125 Å². The molecule has 0 spiro atoms. The van der Waals surface area contributed by atoms with Crippen molar-refractivity contribution >= 4 is 35.1 Å². The summed E-state index contributed by atoms with van der Waals surface area (Å²) in [5.74, 6) is -2.03. The molecule has 3 aromatic rings. The first-order valence-electron chi connectivity index (χ1n) is 10.8. The summed E-state index contributed by atoms with van der Waals surface area (Å²) in [6, 6.07) is 11.2. The van der Waals surface area contributed by atoms with Gasteiger partial charge in [-0.1, -0.05) is 23.7 Å². The van der Waals surface area contributed by atoms with Crippen LogP contribution in [0.4, 0.5) is 24.8 Å². The molecule has 0 saturated heterocycles. The van der Waals surface area contributed by atoms with Crippen LogP contribution < -0.4 is 10.2 Å². The Morgan fingerprint density at radius 3 is 2.49 bits per heavy atom. The van der Waals surface area contributed by atoms with Gasteiger partial charge in [-0.3, -0.25) is 14.5 Å². The third-order valence-electron chi connectivity index (χ3n) is 5.00. The Morgan fingerprint density at radius 1 is 1.16 bits per heavy atom. The highest BCUT2D eigenvalue weighted by atomic mass is 35.5. The van der Waals surface area contributed by atoms with Crippen molar-refractivity contribution in [1.82, 2.24) is 15.3 Å². The van der Waals surface area contributed by atoms with E-state index in [2.05, 4.69) is 15.3 Å². The molecule has 2 aromatic carbocycles. The summed E-state index contributed by atoms with van der Waals surface area (Å²) in [6.45, 7) is 0.214. The van der Waals surface area contributed by atoms with Crippen LogP contribution in [0.25, 0.3) is 11.3 Å². The van der Waals surface area contributed by atoms with Crippen molar-refractivity contribution in [3.63, 3.8) is 0 Å². The Balaban J connectivity index is 1.87. The molecule has 1 amide bonds. The molecule has 0 fully saturated rings. The van der Waals surface area contributed by atoms with Crippen molar-refractivity contribution in [3.05, 3.63) is 71.4 Å². The van der Waals surface area contributed by atoms with Crippen molar-refractivity contribution in [2.75, 3.05) is 18.1 Å². The lowest BCUT2D eigenvalue weighted by atomic mass is 10.1. The van der Waals surface area contributed by atoms with Crippen LogP contribution in [-0.2, 0) is 20.5 Å².